The number of carboxylic acids is 1. The highest BCUT2D eigenvalue weighted by atomic mass is 16.4. The second kappa shape index (κ2) is 10.9. The van der Waals surface area contributed by atoms with E-state index in [9.17, 15) is 4.79 Å². The highest BCUT2D eigenvalue weighted by Gasteiger charge is 2.37. The molecule has 0 aromatic heterocycles. The van der Waals surface area contributed by atoms with E-state index in [1.807, 2.05) is 13.8 Å². The highest BCUT2D eigenvalue weighted by Crippen LogP contribution is 2.42. The van der Waals surface area contributed by atoms with Gasteiger partial charge in [-0.25, -0.2) is 0 Å². The van der Waals surface area contributed by atoms with Crippen molar-refractivity contribution in [3.05, 3.63) is 0 Å². The Balaban J connectivity index is 0. The quantitative estimate of drug-likeness (QED) is 0.779. The Bertz CT molecular complexity index is 158. The lowest BCUT2D eigenvalue weighted by atomic mass is 9.67. The Hall–Kier alpha value is -0.570. The summed E-state index contributed by atoms with van der Waals surface area (Å²) in [6.45, 7) is 8.89. The van der Waals surface area contributed by atoms with Gasteiger partial charge in [0.05, 0.1) is 6.42 Å². The molecular formula is C13H29NO2. The van der Waals surface area contributed by atoms with E-state index in [2.05, 4.69) is 13.8 Å². The van der Waals surface area contributed by atoms with Gasteiger partial charge < -0.3 is 10.8 Å². The SMILES string of the molecule is CC.CCCC.NCC1(CC(=O)O)CCC1. The van der Waals surface area contributed by atoms with Crippen LogP contribution in [0.1, 0.15) is 66.2 Å². The van der Waals surface area contributed by atoms with Crippen LogP contribution in [-0.4, -0.2) is 17.6 Å². The van der Waals surface area contributed by atoms with Crippen LogP contribution in [0.15, 0.2) is 0 Å². The highest BCUT2D eigenvalue weighted by molar-refractivity contribution is 5.67. The molecule has 1 aliphatic rings. The molecule has 1 rings (SSSR count). The first kappa shape index (κ1) is 17.8. The molecule has 16 heavy (non-hydrogen) atoms. The zero-order chi connectivity index (χ0) is 13.0. The predicted octanol–water partition coefficient (Wildman–Crippen LogP) is 3.42. The van der Waals surface area contributed by atoms with E-state index in [0.717, 1.165) is 19.3 Å². The maximum absolute atomic E-state index is 10.3. The van der Waals surface area contributed by atoms with E-state index >= 15 is 0 Å². The molecule has 0 amide bonds. The summed E-state index contributed by atoms with van der Waals surface area (Å²) in [6.07, 6.45) is 6.03. The molecule has 1 aliphatic carbocycles. The summed E-state index contributed by atoms with van der Waals surface area (Å²) >= 11 is 0. The second-order valence-electron chi connectivity index (χ2n) is 4.13. The zero-order valence-corrected chi connectivity index (χ0v) is 11.4. The van der Waals surface area contributed by atoms with E-state index in [0.29, 0.717) is 6.54 Å². The number of carbonyl (C=O) groups is 1. The third-order valence-corrected chi connectivity index (χ3v) is 2.87. The molecule has 0 spiro atoms. The van der Waals surface area contributed by atoms with Crippen LogP contribution >= 0.6 is 0 Å². The summed E-state index contributed by atoms with van der Waals surface area (Å²) in [5.74, 6) is -0.717. The molecule has 0 heterocycles. The largest absolute Gasteiger partial charge is 0.481 e. The van der Waals surface area contributed by atoms with Gasteiger partial charge in [0.2, 0.25) is 0 Å². The van der Waals surface area contributed by atoms with Crippen LogP contribution in [-0.2, 0) is 4.79 Å². The number of aliphatic carboxylic acids is 1. The summed E-state index contributed by atoms with van der Waals surface area (Å²) in [7, 11) is 0. The molecule has 1 fully saturated rings. The molecule has 3 N–H and O–H groups in total. The Morgan fingerprint density at radius 3 is 1.75 bits per heavy atom. The molecule has 0 saturated heterocycles. The minimum Gasteiger partial charge on any atom is -0.481 e. The van der Waals surface area contributed by atoms with Gasteiger partial charge >= 0.3 is 5.97 Å². The molecule has 0 unspecified atom stereocenters. The van der Waals surface area contributed by atoms with Gasteiger partial charge in [-0.2, -0.15) is 0 Å². The molecule has 0 radical (unpaired) electrons. The summed E-state index contributed by atoms with van der Waals surface area (Å²) in [4.78, 5) is 10.3. The summed E-state index contributed by atoms with van der Waals surface area (Å²) in [5, 5.41) is 8.49. The van der Waals surface area contributed by atoms with Crippen LogP contribution in [0.2, 0.25) is 0 Å². The van der Waals surface area contributed by atoms with Crippen molar-refractivity contribution in [1.82, 2.24) is 0 Å². The lowest BCUT2D eigenvalue weighted by molar-refractivity contribution is -0.141. The summed E-state index contributed by atoms with van der Waals surface area (Å²) < 4.78 is 0. The van der Waals surface area contributed by atoms with Gasteiger partial charge in [0.25, 0.3) is 0 Å². The van der Waals surface area contributed by atoms with Crippen molar-refractivity contribution < 1.29 is 9.90 Å². The van der Waals surface area contributed by atoms with Gasteiger partial charge in [-0.15, -0.1) is 0 Å². The number of nitrogens with two attached hydrogens (primary N) is 1. The van der Waals surface area contributed by atoms with Gasteiger partial charge in [-0.05, 0) is 24.8 Å². The average molecular weight is 231 g/mol. The van der Waals surface area contributed by atoms with Gasteiger partial charge in [0.15, 0.2) is 0 Å². The fourth-order valence-electron chi connectivity index (χ4n) is 1.45. The summed E-state index contributed by atoms with van der Waals surface area (Å²) in [5.41, 5.74) is 5.42. The van der Waals surface area contributed by atoms with Crippen molar-refractivity contribution in [1.29, 1.82) is 0 Å². The Kier molecular flexibility index (Phi) is 12.2. The lowest BCUT2D eigenvalue weighted by Crippen LogP contribution is -2.39. The van der Waals surface area contributed by atoms with Crippen LogP contribution < -0.4 is 5.73 Å². The zero-order valence-electron chi connectivity index (χ0n) is 11.4. The molecular weight excluding hydrogens is 202 g/mol. The van der Waals surface area contributed by atoms with Crippen LogP contribution in [0.4, 0.5) is 0 Å². The minimum atomic E-state index is -0.717. The third-order valence-electron chi connectivity index (χ3n) is 2.87. The van der Waals surface area contributed by atoms with Crippen molar-refractivity contribution in [3.63, 3.8) is 0 Å². The molecule has 3 heteroatoms. The Morgan fingerprint density at radius 1 is 1.25 bits per heavy atom. The van der Waals surface area contributed by atoms with Crippen LogP contribution in [0, 0.1) is 5.41 Å². The van der Waals surface area contributed by atoms with Gasteiger partial charge in [-0.1, -0.05) is 47.0 Å². The number of unbranched alkanes of at least 4 members (excludes halogenated alkanes) is 1. The first-order chi connectivity index (χ1) is 7.60. The molecule has 98 valence electrons. The van der Waals surface area contributed by atoms with Crippen molar-refractivity contribution >= 4 is 5.97 Å². The van der Waals surface area contributed by atoms with Crippen molar-refractivity contribution in [2.45, 2.75) is 66.2 Å². The normalized spacial score (nSPS) is 15.8. The fraction of sp³-hybridized carbons (Fsp3) is 0.923. The van der Waals surface area contributed by atoms with Crippen molar-refractivity contribution in [2.75, 3.05) is 6.54 Å². The number of carboxylic acid groups (broad SMARTS) is 1. The Morgan fingerprint density at radius 2 is 1.69 bits per heavy atom. The van der Waals surface area contributed by atoms with Gasteiger partial charge in [0.1, 0.15) is 0 Å². The molecule has 0 atom stereocenters. The standard InChI is InChI=1S/C7H13NO2.C4H10.C2H6/c8-5-7(2-1-3-7)4-6(9)10;1-3-4-2;1-2/h1-5,8H2,(H,9,10);3-4H2,1-2H3;1-2H3. The molecule has 0 aromatic rings. The number of hydrogen-bond donors (Lipinski definition) is 2. The number of hydrogen-bond acceptors (Lipinski definition) is 2. The molecule has 0 aromatic carbocycles. The van der Waals surface area contributed by atoms with Crippen molar-refractivity contribution in [2.24, 2.45) is 11.1 Å². The summed E-state index contributed by atoms with van der Waals surface area (Å²) in [6, 6.07) is 0. The van der Waals surface area contributed by atoms with E-state index in [1.54, 1.807) is 0 Å². The van der Waals surface area contributed by atoms with Crippen molar-refractivity contribution in [3.8, 4) is 0 Å². The molecule has 0 aliphatic heterocycles. The maximum Gasteiger partial charge on any atom is 0.303 e. The average Bonchev–Trinajstić information content (AvgIpc) is 2.26. The van der Waals surface area contributed by atoms with E-state index in [1.165, 1.54) is 12.8 Å². The Labute approximate surface area is 100 Å². The first-order valence-corrected chi connectivity index (χ1v) is 6.52. The van der Waals surface area contributed by atoms with Crippen LogP contribution in [0.3, 0.4) is 0 Å². The second-order valence-corrected chi connectivity index (χ2v) is 4.13. The topological polar surface area (TPSA) is 63.3 Å². The molecule has 3 nitrogen and oxygen atoms in total. The predicted molar refractivity (Wildman–Crippen MR) is 69.5 cm³/mol. The van der Waals surface area contributed by atoms with E-state index < -0.39 is 5.97 Å². The first-order valence-electron chi connectivity index (χ1n) is 6.52. The monoisotopic (exact) mass is 231 g/mol. The molecule has 0 bridgehead atoms. The van der Waals surface area contributed by atoms with Crippen LogP contribution in [0.5, 0.6) is 0 Å². The maximum atomic E-state index is 10.3. The number of rotatable bonds is 4. The molecule has 1 saturated carbocycles. The van der Waals surface area contributed by atoms with E-state index in [4.69, 9.17) is 10.8 Å². The van der Waals surface area contributed by atoms with E-state index in [-0.39, 0.29) is 11.8 Å². The van der Waals surface area contributed by atoms with Gasteiger partial charge in [0, 0.05) is 0 Å². The third kappa shape index (κ3) is 7.69. The van der Waals surface area contributed by atoms with Gasteiger partial charge in [-0.3, -0.25) is 4.79 Å². The minimum absolute atomic E-state index is 0.0359. The van der Waals surface area contributed by atoms with Crippen LogP contribution in [0.25, 0.3) is 0 Å². The fourth-order valence-corrected chi connectivity index (χ4v) is 1.45. The lowest BCUT2D eigenvalue weighted by Gasteiger charge is -2.39. The smallest absolute Gasteiger partial charge is 0.303 e.